The second kappa shape index (κ2) is 32.2. The predicted octanol–water partition coefficient (Wildman–Crippen LogP) is 12.2. The Kier molecular flexibility index (Phi) is 31.1. The summed E-state index contributed by atoms with van der Waals surface area (Å²) in [6, 6.07) is 0. The van der Waals surface area contributed by atoms with Crippen LogP contribution >= 0.6 is 0 Å². The topological polar surface area (TPSA) is 74.6 Å². The van der Waals surface area contributed by atoms with E-state index in [9.17, 15) is 9.59 Å². The van der Waals surface area contributed by atoms with Crippen molar-refractivity contribution in [3.05, 3.63) is 11.6 Å². The molecule has 0 heterocycles. The summed E-state index contributed by atoms with van der Waals surface area (Å²) in [5, 5.41) is 17.4. The highest BCUT2D eigenvalue weighted by Crippen LogP contribution is 2.21. The Labute approximate surface area is 249 Å². The number of hydrogen-bond acceptors (Lipinski definition) is 2. The van der Waals surface area contributed by atoms with Crippen molar-refractivity contribution in [3.63, 3.8) is 0 Å². The summed E-state index contributed by atoms with van der Waals surface area (Å²) in [5.41, 5.74) is 1.69. The number of carboxylic acid groups (broad SMARTS) is 2. The molecule has 0 aromatic rings. The summed E-state index contributed by atoms with van der Waals surface area (Å²) in [6.45, 7) is 2.28. The lowest BCUT2D eigenvalue weighted by Crippen LogP contribution is -1.93. The molecule has 0 spiro atoms. The van der Waals surface area contributed by atoms with E-state index in [0.717, 1.165) is 25.7 Å². The first-order valence-electron chi connectivity index (χ1n) is 17.7. The van der Waals surface area contributed by atoms with Gasteiger partial charge in [-0.1, -0.05) is 153 Å². The standard InChI is InChI=1S/C36H68O4/c1-2-3-4-5-15-19-24-29-34(31-26-21-18-23-28-33-36(39)40)30-25-20-16-13-11-9-7-6-8-10-12-14-17-22-27-32-35(37)38/h29H,2-28,30-33H2,1H3,(H,37,38)(H,39,40)/b34-29+. The molecule has 0 aliphatic heterocycles. The van der Waals surface area contributed by atoms with Gasteiger partial charge in [-0.05, 0) is 51.4 Å². The molecule has 0 aliphatic carbocycles. The van der Waals surface area contributed by atoms with E-state index >= 15 is 0 Å². The maximum atomic E-state index is 10.7. The molecule has 0 bridgehead atoms. The molecule has 0 aromatic heterocycles. The molecule has 0 atom stereocenters. The third-order valence-corrected chi connectivity index (χ3v) is 8.27. The smallest absolute Gasteiger partial charge is 0.303 e. The van der Waals surface area contributed by atoms with Gasteiger partial charge in [0.1, 0.15) is 0 Å². The van der Waals surface area contributed by atoms with Crippen molar-refractivity contribution >= 4 is 11.9 Å². The Hall–Kier alpha value is -1.32. The first-order chi connectivity index (χ1) is 19.6. The molecule has 0 fully saturated rings. The van der Waals surface area contributed by atoms with Crippen LogP contribution in [0.25, 0.3) is 0 Å². The van der Waals surface area contributed by atoms with Crippen LogP contribution in [-0.2, 0) is 9.59 Å². The molecule has 0 rings (SSSR count). The van der Waals surface area contributed by atoms with Crippen LogP contribution in [0.3, 0.4) is 0 Å². The molecule has 0 radical (unpaired) electrons. The van der Waals surface area contributed by atoms with Crippen molar-refractivity contribution in [2.24, 2.45) is 0 Å². The number of unbranched alkanes of at least 4 members (excludes halogenated alkanes) is 24. The van der Waals surface area contributed by atoms with E-state index in [0.29, 0.717) is 12.8 Å². The molecule has 236 valence electrons. The lowest BCUT2D eigenvalue weighted by molar-refractivity contribution is -0.138. The third kappa shape index (κ3) is 32.9. The zero-order valence-electron chi connectivity index (χ0n) is 26.7. The van der Waals surface area contributed by atoms with E-state index in [1.807, 2.05) is 0 Å². The van der Waals surface area contributed by atoms with E-state index in [1.165, 1.54) is 161 Å². The third-order valence-electron chi connectivity index (χ3n) is 8.27. The van der Waals surface area contributed by atoms with Crippen molar-refractivity contribution in [1.29, 1.82) is 0 Å². The van der Waals surface area contributed by atoms with E-state index in [4.69, 9.17) is 10.2 Å². The average molecular weight is 565 g/mol. The fraction of sp³-hybridized carbons (Fsp3) is 0.889. The Balaban J connectivity index is 3.78. The Morgan fingerprint density at radius 3 is 1.00 bits per heavy atom. The van der Waals surface area contributed by atoms with Gasteiger partial charge in [0.2, 0.25) is 0 Å². The second-order valence-corrected chi connectivity index (χ2v) is 12.3. The fourth-order valence-corrected chi connectivity index (χ4v) is 5.64. The molecule has 4 heteroatoms. The predicted molar refractivity (Wildman–Crippen MR) is 172 cm³/mol. The normalized spacial score (nSPS) is 11.8. The summed E-state index contributed by atoms with van der Waals surface area (Å²) < 4.78 is 0. The number of hydrogen-bond donors (Lipinski definition) is 2. The Bertz CT molecular complexity index is 583. The van der Waals surface area contributed by atoms with Crippen LogP contribution in [0.2, 0.25) is 0 Å². The summed E-state index contributed by atoms with van der Waals surface area (Å²) in [6.07, 6.45) is 40.2. The first kappa shape index (κ1) is 38.7. The lowest BCUT2D eigenvalue weighted by Gasteiger charge is -2.09. The van der Waals surface area contributed by atoms with E-state index in [-0.39, 0.29) is 0 Å². The molecular weight excluding hydrogens is 496 g/mol. The minimum Gasteiger partial charge on any atom is -0.481 e. The van der Waals surface area contributed by atoms with Crippen LogP contribution in [-0.4, -0.2) is 22.2 Å². The SMILES string of the molecule is CCCCCCCC/C=C(\CCCCCCCCCCCCCCCCCC(=O)O)CCCCCCCC(=O)O. The fourth-order valence-electron chi connectivity index (χ4n) is 5.64. The summed E-state index contributed by atoms with van der Waals surface area (Å²) in [5.74, 6) is -1.32. The molecule has 2 N–H and O–H groups in total. The number of rotatable bonds is 33. The van der Waals surface area contributed by atoms with Crippen LogP contribution in [0, 0.1) is 0 Å². The maximum Gasteiger partial charge on any atom is 0.303 e. The van der Waals surface area contributed by atoms with Crippen molar-refractivity contribution in [2.45, 2.75) is 206 Å². The van der Waals surface area contributed by atoms with Gasteiger partial charge in [-0.15, -0.1) is 0 Å². The number of allylic oxidation sites excluding steroid dienone is 2. The van der Waals surface area contributed by atoms with Crippen molar-refractivity contribution in [1.82, 2.24) is 0 Å². The molecule has 0 unspecified atom stereocenters. The van der Waals surface area contributed by atoms with Crippen LogP contribution < -0.4 is 0 Å². The van der Waals surface area contributed by atoms with Crippen LogP contribution in [0.5, 0.6) is 0 Å². The molecule has 0 saturated carbocycles. The van der Waals surface area contributed by atoms with Gasteiger partial charge in [0, 0.05) is 12.8 Å². The first-order valence-corrected chi connectivity index (χ1v) is 17.7. The van der Waals surface area contributed by atoms with E-state index in [2.05, 4.69) is 13.0 Å². The monoisotopic (exact) mass is 565 g/mol. The van der Waals surface area contributed by atoms with Crippen molar-refractivity contribution in [2.75, 3.05) is 0 Å². The van der Waals surface area contributed by atoms with Gasteiger partial charge >= 0.3 is 11.9 Å². The molecule has 0 aromatic carbocycles. The molecule has 40 heavy (non-hydrogen) atoms. The molecule has 0 amide bonds. The summed E-state index contributed by atoms with van der Waals surface area (Å²) in [7, 11) is 0. The van der Waals surface area contributed by atoms with Gasteiger partial charge in [0.05, 0.1) is 0 Å². The van der Waals surface area contributed by atoms with E-state index in [1.54, 1.807) is 5.57 Å². The molecular formula is C36H68O4. The van der Waals surface area contributed by atoms with Crippen molar-refractivity contribution < 1.29 is 19.8 Å². The largest absolute Gasteiger partial charge is 0.481 e. The van der Waals surface area contributed by atoms with Gasteiger partial charge in [-0.25, -0.2) is 0 Å². The van der Waals surface area contributed by atoms with Crippen molar-refractivity contribution in [3.8, 4) is 0 Å². The Morgan fingerprint density at radius 2 is 0.675 bits per heavy atom. The zero-order valence-corrected chi connectivity index (χ0v) is 26.7. The van der Waals surface area contributed by atoms with E-state index < -0.39 is 11.9 Å². The van der Waals surface area contributed by atoms with Crippen LogP contribution in [0.1, 0.15) is 206 Å². The molecule has 0 saturated heterocycles. The minimum absolute atomic E-state index is 0.323. The van der Waals surface area contributed by atoms with Gasteiger partial charge in [-0.3, -0.25) is 9.59 Å². The highest BCUT2D eigenvalue weighted by atomic mass is 16.4. The minimum atomic E-state index is -0.661. The summed E-state index contributed by atoms with van der Waals surface area (Å²) >= 11 is 0. The Morgan fingerprint density at radius 1 is 0.400 bits per heavy atom. The highest BCUT2D eigenvalue weighted by molar-refractivity contribution is 5.66. The molecule has 0 aliphatic rings. The zero-order chi connectivity index (χ0) is 29.4. The maximum absolute atomic E-state index is 10.7. The van der Waals surface area contributed by atoms with Gasteiger partial charge in [0.25, 0.3) is 0 Å². The number of carboxylic acids is 2. The van der Waals surface area contributed by atoms with Crippen LogP contribution in [0.4, 0.5) is 0 Å². The second-order valence-electron chi connectivity index (χ2n) is 12.3. The highest BCUT2D eigenvalue weighted by Gasteiger charge is 2.02. The van der Waals surface area contributed by atoms with Gasteiger partial charge in [0.15, 0.2) is 0 Å². The van der Waals surface area contributed by atoms with Crippen LogP contribution in [0.15, 0.2) is 11.6 Å². The number of carbonyl (C=O) groups is 2. The quantitative estimate of drug-likeness (QED) is 0.0614. The van der Waals surface area contributed by atoms with Gasteiger partial charge in [-0.2, -0.15) is 0 Å². The summed E-state index contributed by atoms with van der Waals surface area (Å²) in [4.78, 5) is 21.2. The van der Waals surface area contributed by atoms with Gasteiger partial charge < -0.3 is 10.2 Å². The lowest BCUT2D eigenvalue weighted by atomic mass is 9.97. The average Bonchev–Trinajstić information content (AvgIpc) is 2.92. The number of aliphatic carboxylic acids is 2. The molecule has 4 nitrogen and oxygen atoms in total.